The van der Waals surface area contributed by atoms with Crippen LogP contribution in [0.2, 0.25) is 5.02 Å². The topological polar surface area (TPSA) is 89.9 Å². The Kier molecular flexibility index (Phi) is 4.39. The Hall–Kier alpha value is -1.79. The zero-order valence-electron chi connectivity index (χ0n) is 11.6. The molecule has 1 heterocycles. The molecule has 21 heavy (non-hydrogen) atoms. The molecule has 1 aliphatic heterocycles. The summed E-state index contributed by atoms with van der Waals surface area (Å²) in [4.78, 5) is 24.5. The van der Waals surface area contributed by atoms with Gasteiger partial charge in [0.1, 0.15) is 0 Å². The number of aromatic carboxylic acids is 1. The highest BCUT2D eigenvalue weighted by molar-refractivity contribution is 6.34. The molecule has 0 bridgehead atoms. The molecule has 2 rings (SSSR count). The van der Waals surface area contributed by atoms with Crippen molar-refractivity contribution in [2.24, 2.45) is 0 Å². The molecule has 0 aromatic heterocycles. The molecular weight excluding hydrogens is 296 g/mol. The van der Waals surface area contributed by atoms with E-state index in [1.807, 2.05) is 0 Å². The van der Waals surface area contributed by atoms with Crippen LogP contribution in [0.4, 0.5) is 10.5 Å². The number of carboxylic acids is 1. The number of likely N-dealkylation sites (tertiary alicyclic amines) is 1. The van der Waals surface area contributed by atoms with Crippen molar-refractivity contribution in [1.82, 2.24) is 4.90 Å². The van der Waals surface area contributed by atoms with Crippen LogP contribution in [0.3, 0.4) is 0 Å². The van der Waals surface area contributed by atoms with Crippen molar-refractivity contribution in [3.05, 3.63) is 28.8 Å². The molecule has 0 atom stereocenters. The number of aliphatic hydroxyl groups is 1. The molecule has 1 aromatic rings. The van der Waals surface area contributed by atoms with Gasteiger partial charge in [-0.05, 0) is 38.0 Å². The third-order valence-electron chi connectivity index (χ3n) is 3.59. The van der Waals surface area contributed by atoms with E-state index in [0.29, 0.717) is 31.6 Å². The summed E-state index contributed by atoms with van der Waals surface area (Å²) in [6.07, 6.45) is 1.04. The van der Waals surface area contributed by atoms with Crippen LogP contribution in [0.1, 0.15) is 30.1 Å². The Balaban J connectivity index is 2.02. The van der Waals surface area contributed by atoms with Gasteiger partial charge in [0.2, 0.25) is 0 Å². The fourth-order valence-corrected chi connectivity index (χ4v) is 2.36. The Morgan fingerprint density at radius 2 is 1.95 bits per heavy atom. The lowest BCUT2D eigenvalue weighted by molar-refractivity contribution is 0.00569. The minimum Gasteiger partial charge on any atom is -0.478 e. The average Bonchev–Trinajstić information content (AvgIpc) is 2.40. The van der Waals surface area contributed by atoms with E-state index in [1.165, 1.54) is 18.2 Å². The van der Waals surface area contributed by atoms with Gasteiger partial charge in [-0.3, -0.25) is 0 Å². The van der Waals surface area contributed by atoms with E-state index >= 15 is 0 Å². The number of halogens is 1. The lowest BCUT2D eigenvalue weighted by Gasteiger charge is -2.35. The second-order valence-corrected chi connectivity index (χ2v) is 5.82. The third-order valence-corrected chi connectivity index (χ3v) is 3.90. The predicted molar refractivity (Wildman–Crippen MR) is 78.9 cm³/mol. The van der Waals surface area contributed by atoms with Gasteiger partial charge in [0.05, 0.1) is 21.9 Å². The molecule has 7 heteroatoms. The molecule has 0 radical (unpaired) electrons. The number of piperidine rings is 1. The first kappa shape index (κ1) is 15.6. The van der Waals surface area contributed by atoms with Crippen LogP contribution < -0.4 is 5.32 Å². The minimum atomic E-state index is -1.08. The number of hydrogen-bond donors (Lipinski definition) is 3. The molecule has 2 amide bonds. The van der Waals surface area contributed by atoms with Gasteiger partial charge >= 0.3 is 12.0 Å². The number of rotatable bonds is 2. The van der Waals surface area contributed by atoms with Crippen molar-refractivity contribution in [3.63, 3.8) is 0 Å². The van der Waals surface area contributed by atoms with Gasteiger partial charge in [-0.25, -0.2) is 9.59 Å². The van der Waals surface area contributed by atoms with E-state index in [2.05, 4.69) is 5.32 Å². The monoisotopic (exact) mass is 312 g/mol. The summed E-state index contributed by atoms with van der Waals surface area (Å²) >= 11 is 5.97. The van der Waals surface area contributed by atoms with Gasteiger partial charge in [0, 0.05) is 13.1 Å². The van der Waals surface area contributed by atoms with Crippen LogP contribution in [0.5, 0.6) is 0 Å². The molecule has 0 saturated carbocycles. The largest absolute Gasteiger partial charge is 0.478 e. The highest BCUT2D eigenvalue weighted by Crippen LogP contribution is 2.25. The third kappa shape index (κ3) is 3.86. The number of amides is 2. The van der Waals surface area contributed by atoms with Crippen molar-refractivity contribution < 1.29 is 19.8 Å². The highest BCUT2D eigenvalue weighted by atomic mass is 35.5. The fraction of sp³-hybridized carbons (Fsp3) is 0.429. The Labute approximate surface area is 127 Å². The standard InChI is InChI=1S/C14H17ClN2O4/c1-14(21)4-6-17(7-5-14)13(20)16-11-3-2-9(12(18)19)8-10(11)15/h2-3,8,21H,4-7H2,1H3,(H,16,20)(H,18,19). The van der Waals surface area contributed by atoms with Crippen molar-refractivity contribution in [2.75, 3.05) is 18.4 Å². The number of carbonyl (C=O) groups excluding carboxylic acids is 1. The van der Waals surface area contributed by atoms with Crippen LogP contribution in [-0.2, 0) is 0 Å². The Bertz CT molecular complexity index is 564. The molecule has 114 valence electrons. The van der Waals surface area contributed by atoms with Crippen LogP contribution in [0, 0.1) is 0 Å². The summed E-state index contributed by atoms with van der Waals surface area (Å²) in [6, 6.07) is 3.82. The zero-order chi connectivity index (χ0) is 15.6. The summed E-state index contributed by atoms with van der Waals surface area (Å²) in [6.45, 7) is 2.68. The molecule has 0 aliphatic carbocycles. The van der Waals surface area contributed by atoms with Gasteiger partial charge in [0.15, 0.2) is 0 Å². The summed E-state index contributed by atoms with van der Waals surface area (Å²) < 4.78 is 0. The van der Waals surface area contributed by atoms with Gasteiger partial charge < -0.3 is 20.4 Å². The van der Waals surface area contributed by atoms with Crippen molar-refractivity contribution in [2.45, 2.75) is 25.4 Å². The summed E-state index contributed by atoms with van der Waals surface area (Å²) in [7, 11) is 0. The number of urea groups is 1. The molecule has 6 nitrogen and oxygen atoms in total. The molecule has 1 saturated heterocycles. The Morgan fingerprint density at radius 3 is 2.48 bits per heavy atom. The van der Waals surface area contributed by atoms with Crippen LogP contribution in [0.15, 0.2) is 18.2 Å². The number of benzene rings is 1. The van der Waals surface area contributed by atoms with Crippen molar-refractivity contribution in [3.8, 4) is 0 Å². The minimum absolute atomic E-state index is 0.0621. The highest BCUT2D eigenvalue weighted by Gasteiger charge is 2.29. The maximum Gasteiger partial charge on any atom is 0.335 e. The first-order chi connectivity index (χ1) is 9.78. The number of anilines is 1. The molecule has 0 unspecified atom stereocenters. The number of carbonyl (C=O) groups is 2. The number of carboxylic acid groups (broad SMARTS) is 1. The van der Waals surface area contributed by atoms with E-state index in [1.54, 1.807) is 11.8 Å². The first-order valence-corrected chi connectivity index (χ1v) is 6.97. The lowest BCUT2D eigenvalue weighted by Crippen LogP contribution is -2.46. The maximum atomic E-state index is 12.1. The van der Waals surface area contributed by atoms with Gasteiger partial charge in [-0.2, -0.15) is 0 Å². The summed E-state index contributed by atoms with van der Waals surface area (Å²) in [5.41, 5.74) is -0.298. The smallest absolute Gasteiger partial charge is 0.335 e. The van der Waals surface area contributed by atoms with Crippen LogP contribution >= 0.6 is 11.6 Å². The quantitative estimate of drug-likeness (QED) is 0.782. The average molecular weight is 313 g/mol. The summed E-state index contributed by atoms with van der Waals surface area (Å²) in [5.74, 6) is -1.08. The molecule has 1 aromatic carbocycles. The second kappa shape index (κ2) is 5.91. The number of hydrogen-bond acceptors (Lipinski definition) is 3. The second-order valence-electron chi connectivity index (χ2n) is 5.41. The molecule has 3 N–H and O–H groups in total. The van der Waals surface area contributed by atoms with E-state index < -0.39 is 11.6 Å². The number of nitrogens with zero attached hydrogens (tertiary/aromatic N) is 1. The maximum absolute atomic E-state index is 12.1. The van der Waals surface area contributed by atoms with Gasteiger partial charge in [-0.1, -0.05) is 11.6 Å². The molecular formula is C14H17ClN2O4. The predicted octanol–water partition coefficient (Wildman–Crippen LogP) is 2.42. The van der Waals surface area contributed by atoms with E-state index in [0.717, 1.165) is 0 Å². The zero-order valence-corrected chi connectivity index (χ0v) is 12.4. The van der Waals surface area contributed by atoms with E-state index in [9.17, 15) is 14.7 Å². The Morgan fingerprint density at radius 1 is 1.33 bits per heavy atom. The molecule has 1 fully saturated rings. The van der Waals surface area contributed by atoms with Gasteiger partial charge in [-0.15, -0.1) is 0 Å². The van der Waals surface area contributed by atoms with Crippen LogP contribution in [0.25, 0.3) is 0 Å². The van der Waals surface area contributed by atoms with E-state index in [4.69, 9.17) is 16.7 Å². The molecule has 0 spiro atoms. The lowest BCUT2D eigenvalue weighted by atomic mass is 9.94. The SMILES string of the molecule is CC1(O)CCN(C(=O)Nc2ccc(C(=O)O)cc2Cl)CC1. The number of nitrogens with one attached hydrogen (secondary N) is 1. The van der Waals surface area contributed by atoms with Crippen molar-refractivity contribution >= 4 is 29.3 Å². The van der Waals surface area contributed by atoms with E-state index in [-0.39, 0.29) is 16.6 Å². The van der Waals surface area contributed by atoms with Gasteiger partial charge in [0.25, 0.3) is 0 Å². The molecule has 1 aliphatic rings. The fourth-order valence-electron chi connectivity index (χ4n) is 2.14. The van der Waals surface area contributed by atoms with Crippen molar-refractivity contribution in [1.29, 1.82) is 0 Å². The first-order valence-electron chi connectivity index (χ1n) is 6.60. The normalized spacial score (nSPS) is 17.4. The summed E-state index contributed by atoms with van der Waals surface area (Å²) in [5, 5.41) is 21.5. The van der Waals surface area contributed by atoms with Crippen LogP contribution in [-0.4, -0.2) is 45.8 Å².